The van der Waals surface area contributed by atoms with Gasteiger partial charge in [0.05, 0.1) is 0 Å². The minimum atomic E-state index is -1.36. The van der Waals surface area contributed by atoms with E-state index in [1.54, 1.807) is 15.7 Å². The maximum Gasteiger partial charge on any atom is 0.320 e. The van der Waals surface area contributed by atoms with Gasteiger partial charge in [0.25, 0.3) is 0 Å². The van der Waals surface area contributed by atoms with Crippen molar-refractivity contribution in [2.45, 2.75) is 16.9 Å². The average molecular weight is 199 g/mol. The Balaban J connectivity index is 4.96. The van der Waals surface area contributed by atoms with E-state index in [4.69, 9.17) is 5.11 Å². The highest BCUT2D eigenvalue weighted by atomic mass is 32.1. The van der Waals surface area contributed by atoms with Crippen molar-refractivity contribution < 1.29 is 14.7 Å². The largest absolute Gasteiger partial charge is 0.480 e. The molecule has 1 atom stereocenters. The minimum Gasteiger partial charge on any atom is -0.480 e. The van der Waals surface area contributed by atoms with E-state index in [0.29, 0.717) is 0 Å². The van der Waals surface area contributed by atoms with Crippen LogP contribution in [0.4, 0.5) is 0 Å². The third-order valence-corrected chi connectivity index (χ3v) is 2.52. The van der Waals surface area contributed by atoms with Crippen LogP contribution in [0.25, 0.3) is 0 Å². The molecule has 0 radical (unpaired) electrons. The SMILES string of the molecule is BC(B)(S)[C@](B)(NC(C)=O)C(=O)O. The highest BCUT2D eigenvalue weighted by molar-refractivity contribution is 7.85. The second kappa shape index (κ2) is 3.70. The molecule has 0 aliphatic carbocycles. The summed E-state index contributed by atoms with van der Waals surface area (Å²) in [6.07, 6.45) is 0. The van der Waals surface area contributed by atoms with E-state index in [-0.39, 0.29) is 5.91 Å². The molecule has 0 aliphatic rings. The summed E-state index contributed by atoms with van der Waals surface area (Å²) < 4.78 is -0.829. The third kappa shape index (κ3) is 2.72. The first-order valence-corrected chi connectivity index (χ1v) is 4.30. The summed E-state index contributed by atoms with van der Waals surface area (Å²) in [5.74, 6) is -1.48. The standard InChI is InChI=1S/C5H12B3NO3S/c1-2(10)9-4(6,3(11)12)5(7,8)13/h13H,6-8H2,1H3,(H,9,10)(H,11,12)/t4-/m1/s1. The van der Waals surface area contributed by atoms with Crippen LogP contribution in [0.2, 0.25) is 0 Å². The molecule has 0 saturated heterocycles. The van der Waals surface area contributed by atoms with E-state index in [1.807, 2.05) is 0 Å². The molecule has 0 saturated carbocycles. The van der Waals surface area contributed by atoms with Gasteiger partial charge in [-0.15, -0.1) is 0 Å². The molecule has 0 rings (SSSR count). The minimum absolute atomic E-state index is 0.382. The van der Waals surface area contributed by atoms with Gasteiger partial charge in [-0.1, -0.05) is 0 Å². The number of nitrogens with one attached hydrogen (secondary N) is 1. The van der Waals surface area contributed by atoms with E-state index >= 15 is 0 Å². The molecular weight excluding hydrogens is 187 g/mol. The van der Waals surface area contributed by atoms with E-state index in [1.165, 1.54) is 14.8 Å². The Kier molecular flexibility index (Phi) is 3.55. The lowest BCUT2D eigenvalue weighted by Crippen LogP contribution is -2.67. The summed E-state index contributed by atoms with van der Waals surface area (Å²) in [5.41, 5.74) is -1.36. The first kappa shape index (κ1) is 12.5. The molecule has 0 aromatic carbocycles. The summed E-state index contributed by atoms with van der Waals surface area (Å²) in [5, 5.41) is 11.3. The van der Waals surface area contributed by atoms with Crippen molar-refractivity contribution in [1.82, 2.24) is 5.32 Å². The molecule has 0 fully saturated rings. The summed E-state index contributed by atoms with van der Waals surface area (Å²) in [4.78, 5) is 21.7. The molecule has 70 valence electrons. The quantitative estimate of drug-likeness (QED) is 0.324. The number of amides is 1. The fourth-order valence-electron chi connectivity index (χ4n) is 0.820. The third-order valence-electron chi connectivity index (χ3n) is 2.08. The fraction of sp³-hybridized carbons (Fsp3) is 0.600. The van der Waals surface area contributed by atoms with Gasteiger partial charge < -0.3 is 10.4 Å². The number of hydrogen-bond acceptors (Lipinski definition) is 3. The van der Waals surface area contributed by atoms with Crippen molar-refractivity contribution in [1.29, 1.82) is 0 Å². The van der Waals surface area contributed by atoms with E-state index in [2.05, 4.69) is 17.9 Å². The van der Waals surface area contributed by atoms with Gasteiger partial charge in [-0.2, -0.15) is 12.6 Å². The van der Waals surface area contributed by atoms with Crippen LogP contribution < -0.4 is 5.32 Å². The lowest BCUT2D eigenvalue weighted by Gasteiger charge is -2.38. The van der Waals surface area contributed by atoms with Gasteiger partial charge in [0.1, 0.15) is 29.0 Å². The summed E-state index contributed by atoms with van der Waals surface area (Å²) in [6, 6.07) is 0. The van der Waals surface area contributed by atoms with Crippen molar-refractivity contribution in [3.05, 3.63) is 0 Å². The molecule has 2 N–H and O–H groups in total. The van der Waals surface area contributed by atoms with Gasteiger partial charge in [-0.25, -0.2) is 0 Å². The van der Waals surface area contributed by atoms with Crippen LogP contribution in [-0.4, -0.2) is 50.5 Å². The molecule has 13 heavy (non-hydrogen) atoms. The zero-order valence-corrected chi connectivity index (χ0v) is 9.11. The lowest BCUT2D eigenvalue weighted by atomic mass is 9.50. The van der Waals surface area contributed by atoms with Crippen LogP contribution >= 0.6 is 12.6 Å². The predicted molar refractivity (Wildman–Crippen MR) is 61.5 cm³/mol. The molecular formula is C5H12B3NO3S. The van der Waals surface area contributed by atoms with Crippen LogP contribution in [0.3, 0.4) is 0 Å². The number of hydrogen-bond donors (Lipinski definition) is 3. The fourth-order valence-corrected chi connectivity index (χ4v) is 0.972. The molecule has 0 unspecified atom stereocenters. The number of carbonyl (C=O) groups excluding carboxylic acids is 1. The highest BCUT2D eigenvalue weighted by Gasteiger charge is 2.45. The topological polar surface area (TPSA) is 66.4 Å². The van der Waals surface area contributed by atoms with Gasteiger partial charge >= 0.3 is 5.97 Å². The number of carboxylic acid groups (broad SMARTS) is 1. The highest BCUT2D eigenvalue weighted by Crippen LogP contribution is 2.19. The smallest absolute Gasteiger partial charge is 0.320 e. The normalized spacial score (nSPS) is 15.8. The predicted octanol–water partition coefficient (Wildman–Crippen LogP) is -3.61. The summed E-state index contributed by atoms with van der Waals surface area (Å²) in [6.45, 7) is 1.28. The maximum absolute atomic E-state index is 10.9. The zero-order valence-electron chi connectivity index (χ0n) is 8.21. The number of carboxylic acids is 1. The number of rotatable bonds is 3. The van der Waals surface area contributed by atoms with Crippen molar-refractivity contribution in [3.8, 4) is 0 Å². The molecule has 0 bridgehead atoms. The van der Waals surface area contributed by atoms with Crippen LogP contribution in [0.1, 0.15) is 6.92 Å². The second-order valence-electron chi connectivity index (χ2n) is 3.67. The van der Waals surface area contributed by atoms with E-state index in [0.717, 1.165) is 0 Å². The Hall–Kier alpha value is -0.515. The first-order valence-electron chi connectivity index (χ1n) is 3.86. The molecule has 0 aromatic heterocycles. The van der Waals surface area contributed by atoms with Gasteiger partial charge in [-0.05, 0) is 4.55 Å². The molecule has 0 spiro atoms. The lowest BCUT2D eigenvalue weighted by molar-refractivity contribution is -0.143. The second-order valence-corrected chi connectivity index (χ2v) is 4.79. The Morgan fingerprint density at radius 1 is 1.38 bits per heavy atom. The Morgan fingerprint density at radius 2 is 1.77 bits per heavy atom. The number of carbonyl (C=O) groups is 2. The average Bonchev–Trinajstić information content (AvgIpc) is 1.82. The van der Waals surface area contributed by atoms with Crippen LogP contribution in [0.5, 0.6) is 0 Å². The Labute approximate surface area is 85.5 Å². The van der Waals surface area contributed by atoms with Crippen molar-refractivity contribution in [2.24, 2.45) is 0 Å². The molecule has 0 aromatic rings. The van der Waals surface area contributed by atoms with Gasteiger partial charge in [-0.3, -0.25) is 9.59 Å². The number of thiol groups is 1. The molecule has 4 nitrogen and oxygen atoms in total. The van der Waals surface area contributed by atoms with Crippen molar-refractivity contribution >= 4 is 48.0 Å². The summed E-state index contributed by atoms with van der Waals surface area (Å²) in [7, 11) is 4.71. The van der Waals surface area contributed by atoms with Gasteiger partial charge in [0.15, 0.2) is 0 Å². The van der Waals surface area contributed by atoms with Crippen molar-refractivity contribution in [2.75, 3.05) is 0 Å². The van der Waals surface area contributed by atoms with Gasteiger partial charge in [0.2, 0.25) is 5.91 Å². The van der Waals surface area contributed by atoms with E-state index in [9.17, 15) is 9.59 Å². The van der Waals surface area contributed by atoms with E-state index < -0.39 is 16.0 Å². The van der Waals surface area contributed by atoms with Crippen LogP contribution in [0.15, 0.2) is 0 Å². The van der Waals surface area contributed by atoms with Crippen LogP contribution in [-0.2, 0) is 9.59 Å². The monoisotopic (exact) mass is 199 g/mol. The zero-order chi connectivity index (χ0) is 10.9. The van der Waals surface area contributed by atoms with Gasteiger partial charge in [0, 0.05) is 6.92 Å². The Bertz CT molecular complexity index is 242. The van der Waals surface area contributed by atoms with Crippen LogP contribution in [0, 0.1) is 0 Å². The summed E-state index contributed by atoms with van der Waals surface area (Å²) >= 11 is 4.15. The molecule has 0 aliphatic heterocycles. The maximum atomic E-state index is 10.9. The first-order chi connectivity index (χ1) is 5.61. The molecule has 8 heteroatoms. The van der Waals surface area contributed by atoms with Crippen molar-refractivity contribution in [3.63, 3.8) is 0 Å². The molecule has 0 heterocycles. The molecule has 1 amide bonds. The Morgan fingerprint density at radius 3 is 1.85 bits per heavy atom. The number of aliphatic carboxylic acids is 1.